The maximum absolute atomic E-state index is 13.7. The minimum atomic E-state index is -0.878. The van der Waals surface area contributed by atoms with Crippen LogP contribution in [0.2, 0.25) is 0 Å². The molecule has 0 aromatic heterocycles. The van der Waals surface area contributed by atoms with E-state index in [0.717, 1.165) is 0 Å². The summed E-state index contributed by atoms with van der Waals surface area (Å²) in [6.07, 6.45) is 0.691. The summed E-state index contributed by atoms with van der Waals surface area (Å²) in [6.45, 7) is 3.85. The molecule has 1 aromatic rings. The van der Waals surface area contributed by atoms with Crippen LogP contribution in [0.25, 0.3) is 0 Å². The van der Waals surface area contributed by atoms with Crippen molar-refractivity contribution in [2.24, 2.45) is 5.73 Å². The first-order valence-electron chi connectivity index (χ1n) is 5.90. The van der Waals surface area contributed by atoms with Crippen molar-refractivity contribution in [1.82, 2.24) is 4.90 Å². The average Bonchev–Trinajstić information content (AvgIpc) is 2.32. The Kier molecular flexibility index (Phi) is 5.35. The third-order valence-electron chi connectivity index (χ3n) is 2.61. The molecule has 0 aliphatic heterocycles. The molecule has 104 valence electrons. The van der Waals surface area contributed by atoms with Gasteiger partial charge in [-0.15, -0.1) is 0 Å². The zero-order valence-corrected chi connectivity index (χ0v) is 11.7. The Morgan fingerprint density at radius 1 is 1.37 bits per heavy atom. The van der Waals surface area contributed by atoms with Gasteiger partial charge in [-0.1, -0.05) is 19.1 Å². The number of benzene rings is 1. The van der Waals surface area contributed by atoms with E-state index in [0.29, 0.717) is 19.0 Å². The minimum Gasteiger partial charge on any atom is -0.392 e. The van der Waals surface area contributed by atoms with E-state index in [9.17, 15) is 13.6 Å². The first-order chi connectivity index (χ1) is 8.86. The van der Waals surface area contributed by atoms with Crippen LogP contribution in [0, 0.1) is 18.6 Å². The third kappa shape index (κ3) is 3.96. The number of halogens is 2. The smallest absolute Gasteiger partial charge is 0.257 e. The normalized spacial score (nSPS) is 10.3. The van der Waals surface area contributed by atoms with Crippen molar-refractivity contribution in [3.8, 4) is 0 Å². The van der Waals surface area contributed by atoms with E-state index in [4.69, 9.17) is 18.0 Å². The number of thiocarbonyl (C=S) groups is 1. The Labute approximate surface area is 116 Å². The van der Waals surface area contributed by atoms with Crippen molar-refractivity contribution >= 4 is 23.1 Å². The topological polar surface area (TPSA) is 46.3 Å². The lowest BCUT2D eigenvalue weighted by Crippen LogP contribution is -2.38. The molecule has 0 heterocycles. The van der Waals surface area contributed by atoms with Gasteiger partial charge in [-0.05, 0) is 25.0 Å². The van der Waals surface area contributed by atoms with E-state index < -0.39 is 17.5 Å². The van der Waals surface area contributed by atoms with Crippen molar-refractivity contribution in [1.29, 1.82) is 0 Å². The van der Waals surface area contributed by atoms with Crippen molar-refractivity contribution in [3.05, 3.63) is 34.9 Å². The van der Waals surface area contributed by atoms with Crippen LogP contribution >= 0.6 is 12.2 Å². The van der Waals surface area contributed by atoms with E-state index in [1.165, 1.54) is 17.9 Å². The Morgan fingerprint density at radius 2 is 2.00 bits per heavy atom. The number of amides is 1. The molecule has 2 N–H and O–H groups in total. The Balaban J connectivity index is 3.08. The fraction of sp³-hybridized carbons (Fsp3) is 0.385. The summed E-state index contributed by atoms with van der Waals surface area (Å²) in [5.41, 5.74) is 5.47. The second kappa shape index (κ2) is 6.56. The van der Waals surface area contributed by atoms with Crippen LogP contribution < -0.4 is 5.73 Å². The van der Waals surface area contributed by atoms with Gasteiger partial charge in [0, 0.05) is 12.6 Å². The van der Waals surface area contributed by atoms with Crippen LogP contribution in [0.15, 0.2) is 12.1 Å². The highest BCUT2D eigenvalue weighted by molar-refractivity contribution is 7.80. The Bertz CT molecular complexity index is 506. The average molecular weight is 286 g/mol. The molecular formula is C13H16F2N2OS. The minimum absolute atomic E-state index is 0.0812. The molecule has 1 rings (SSSR count). The zero-order chi connectivity index (χ0) is 14.6. The van der Waals surface area contributed by atoms with Crippen molar-refractivity contribution in [2.45, 2.75) is 20.3 Å². The number of carbonyl (C=O) groups excluding carboxylic acids is 1. The van der Waals surface area contributed by atoms with Crippen molar-refractivity contribution in [3.63, 3.8) is 0 Å². The van der Waals surface area contributed by atoms with Crippen LogP contribution in [0.4, 0.5) is 8.78 Å². The summed E-state index contributed by atoms with van der Waals surface area (Å²) >= 11 is 4.76. The molecule has 0 saturated carbocycles. The van der Waals surface area contributed by atoms with Crippen LogP contribution in [0.3, 0.4) is 0 Å². The largest absolute Gasteiger partial charge is 0.392 e. The van der Waals surface area contributed by atoms with Crippen LogP contribution in [-0.2, 0) is 0 Å². The number of hydrogen-bond acceptors (Lipinski definition) is 2. The zero-order valence-electron chi connectivity index (χ0n) is 10.9. The Morgan fingerprint density at radius 3 is 2.53 bits per heavy atom. The van der Waals surface area contributed by atoms with Gasteiger partial charge in [0.15, 0.2) is 0 Å². The lowest BCUT2D eigenvalue weighted by molar-refractivity contribution is 0.0775. The number of nitrogens with zero attached hydrogens (tertiary/aromatic N) is 1. The van der Waals surface area contributed by atoms with Gasteiger partial charge in [0.25, 0.3) is 5.91 Å². The number of carbonyl (C=O) groups is 1. The van der Waals surface area contributed by atoms with Crippen molar-refractivity contribution < 1.29 is 13.6 Å². The molecule has 0 atom stereocenters. The van der Waals surface area contributed by atoms with Gasteiger partial charge in [0.05, 0.1) is 17.1 Å². The quantitative estimate of drug-likeness (QED) is 0.846. The van der Waals surface area contributed by atoms with Gasteiger partial charge in [-0.3, -0.25) is 4.79 Å². The molecule has 1 aromatic carbocycles. The number of nitrogens with two attached hydrogens (primary N) is 1. The molecular weight excluding hydrogens is 270 g/mol. The lowest BCUT2D eigenvalue weighted by Gasteiger charge is -2.22. The molecule has 0 saturated heterocycles. The monoisotopic (exact) mass is 286 g/mol. The summed E-state index contributed by atoms with van der Waals surface area (Å²) < 4.78 is 26.8. The first kappa shape index (κ1) is 15.5. The fourth-order valence-electron chi connectivity index (χ4n) is 1.70. The van der Waals surface area contributed by atoms with Gasteiger partial charge in [-0.2, -0.15) is 0 Å². The van der Waals surface area contributed by atoms with E-state index in [1.54, 1.807) is 0 Å². The predicted octanol–water partition coefficient (Wildman–Crippen LogP) is 2.41. The summed E-state index contributed by atoms with van der Waals surface area (Å²) in [5, 5.41) is 0. The predicted molar refractivity (Wildman–Crippen MR) is 74.1 cm³/mol. The first-order valence-corrected chi connectivity index (χ1v) is 6.30. The third-order valence-corrected chi connectivity index (χ3v) is 2.74. The number of aryl methyl sites for hydroxylation is 1. The molecule has 3 nitrogen and oxygen atoms in total. The van der Waals surface area contributed by atoms with Crippen molar-refractivity contribution in [2.75, 3.05) is 13.1 Å². The molecule has 0 unspecified atom stereocenters. The van der Waals surface area contributed by atoms with Gasteiger partial charge in [0.2, 0.25) is 0 Å². The Hall–Kier alpha value is -1.56. The highest BCUT2D eigenvalue weighted by atomic mass is 32.1. The van der Waals surface area contributed by atoms with Crippen LogP contribution in [0.5, 0.6) is 0 Å². The van der Waals surface area contributed by atoms with E-state index in [2.05, 4.69) is 0 Å². The molecule has 6 heteroatoms. The second-order valence-corrected chi connectivity index (χ2v) is 4.80. The van der Waals surface area contributed by atoms with Gasteiger partial charge < -0.3 is 10.6 Å². The second-order valence-electron chi connectivity index (χ2n) is 4.27. The summed E-state index contributed by atoms with van der Waals surface area (Å²) in [4.78, 5) is 13.7. The molecule has 0 spiro atoms. The number of rotatable bonds is 5. The molecule has 0 bridgehead atoms. The maximum Gasteiger partial charge on any atom is 0.257 e. The van der Waals surface area contributed by atoms with Gasteiger partial charge in [0.1, 0.15) is 11.6 Å². The standard InChI is InChI=1S/C13H16F2N2OS/c1-3-4-17(7-12(16)19)13(18)9-5-8(2)10(14)6-11(9)15/h5-6H,3-4,7H2,1-2H3,(H2,16,19). The molecule has 0 aliphatic rings. The fourth-order valence-corrected chi connectivity index (χ4v) is 1.86. The SMILES string of the molecule is CCCN(CC(N)=S)C(=O)c1cc(C)c(F)cc1F. The lowest BCUT2D eigenvalue weighted by atomic mass is 10.1. The summed E-state index contributed by atoms with van der Waals surface area (Å²) in [7, 11) is 0. The summed E-state index contributed by atoms with van der Waals surface area (Å²) in [6, 6.07) is 1.92. The maximum atomic E-state index is 13.7. The molecule has 19 heavy (non-hydrogen) atoms. The highest BCUT2D eigenvalue weighted by Crippen LogP contribution is 2.16. The van der Waals surface area contributed by atoms with E-state index in [1.807, 2.05) is 6.92 Å². The molecule has 1 amide bonds. The van der Waals surface area contributed by atoms with Crippen LogP contribution in [-0.4, -0.2) is 28.9 Å². The molecule has 0 fully saturated rings. The number of hydrogen-bond donors (Lipinski definition) is 1. The van der Waals surface area contributed by atoms with E-state index >= 15 is 0 Å². The highest BCUT2D eigenvalue weighted by Gasteiger charge is 2.20. The van der Waals surface area contributed by atoms with Gasteiger partial charge in [-0.25, -0.2) is 8.78 Å². The van der Waals surface area contributed by atoms with Gasteiger partial charge >= 0.3 is 0 Å². The van der Waals surface area contributed by atoms with Crippen LogP contribution in [0.1, 0.15) is 29.3 Å². The molecule has 0 aliphatic carbocycles. The summed E-state index contributed by atoms with van der Waals surface area (Å²) in [5.74, 6) is -2.09. The van der Waals surface area contributed by atoms with E-state index in [-0.39, 0.29) is 22.7 Å². The molecule has 0 radical (unpaired) electrons.